The van der Waals surface area contributed by atoms with E-state index in [1.807, 2.05) is 33.8 Å². The van der Waals surface area contributed by atoms with E-state index in [0.29, 0.717) is 0 Å². The second-order valence-corrected chi connectivity index (χ2v) is 3.89. The topological polar surface area (TPSA) is 32.5 Å². The van der Waals surface area contributed by atoms with E-state index >= 15 is 0 Å². The molecular weight excluding hydrogens is 226 g/mol. The molecule has 1 aliphatic rings. The Hall–Kier alpha value is -0.870. The maximum absolute atomic E-state index is 4.79. The van der Waals surface area contributed by atoms with Crippen molar-refractivity contribution in [1.29, 1.82) is 0 Å². The van der Waals surface area contributed by atoms with Crippen LogP contribution in [-0.4, -0.2) is 54.7 Å². The molecule has 1 aromatic rings. The Morgan fingerprint density at radius 2 is 1.72 bits per heavy atom. The first kappa shape index (κ1) is 17.1. The molecule has 0 aliphatic carbocycles. The molecule has 1 aromatic heterocycles. The third-order valence-corrected chi connectivity index (χ3v) is 2.77. The van der Waals surface area contributed by atoms with Gasteiger partial charge >= 0.3 is 0 Å². The number of hydrogen-bond acceptors (Lipinski definition) is 4. The Bertz CT molecular complexity index is 254. The summed E-state index contributed by atoms with van der Waals surface area (Å²) in [6.45, 7) is 13.8. The highest BCUT2D eigenvalue weighted by atomic mass is 16.5. The molecular formula is C14H29N3O. The van der Waals surface area contributed by atoms with Gasteiger partial charge in [-0.05, 0) is 7.05 Å². The van der Waals surface area contributed by atoms with E-state index < -0.39 is 0 Å². The monoisotopic (exact) mass is 255 g/mol. The molecule has 106 valence electrons. The second kappa shape index (κ2) is 11.2. The lowest BCUT2D eigenvalue weighted by atomic mass is 10.2. The summed E-state index contributed by atoms with van der Waals surface area (Å²) in [5.74, 6) is 0. The van der Waals surface area contributed by atoms with Crippen LogP contribution in [-0.2, 0) is 6.42 Å². The average Bonchev–Trinajstić information content (AvgIpc) is 2.96. The van der Waals surface area contributed by atoms with Gasteiger partial charge in [0.1, 0.15) is 6.26 Å². The van der Waals surface area contributed by atoms with Gasteiger partial charge in [0, 0.05) is 45.2 Å². The first-order chi connectivity index (χ1) is 8.84. The van der Waals surface area contributed by atoms with Crippen LogP contribution in [0.3, 0.4) is 0 Å². The maximum atomic E-state index is 4.79. The van der Waals surface area contributed by atoms with Crippen LogP contribution in [0.4, 0.5) is 0 Å². The number of aromatic nitrogens is 1. The van der Waals surface area contributed by atoms with E-state index in [4.69, 9.17) is 4.52 Å². The first-order valence-electron chi connectivity index (χ1n) is 7.15. The first-order valence-corrected chi connectivity index (χ1v) is 7.15. The third-order valence-electron chi connectivity index (χ3n) is 2.77. The van der Waals surface area contributed by atoms with Gasteiger partial charge in [-0.1, -0.05) is 32.9 Å². The highest BCUT2D eigenvalue weighted by Gasteiger charge is 2.13. The zero-order valence-electron chi connectivity index (χ0n) is 12.6. The van der Waals surface area contributed by atoms with Crippen LogP contribution < -0.4 is 0 Å². The molecule has 0 unspecified atom stereocenters. The second-order valence-electron chi connectivity index (χ2n) is 3.89. The fourth-order valence-corrected chi connectivity index (χ4v) is 1.71. The molecule has 4 nitrogen and oxygen atoms in total. The number of hydrogen-bond donors (Lipinski definition) is 0. The van der Waals surface area contributed by atoms with Gasteiger partial charge in [0.25, 0.3) is 0 Å². The minimum Gasteiger partial charge on any atom is -0.365 e. The molecule has 0 saturated carbocycles. The summed E-state index contributed by atoms with van der Waals surface area (Å²) in [6, 6.07) is 1.94. The zero-order valence-corrected chi connectivity index (χ0v) is 12.6. The Labute approximate surface area is 112 Å². The van der Waals surface area contributed by atoms with E-state index in [2.05, 4.69) is 22.0 Å². The van der Waals surface area contributed by atoms with Gasteiger partial charge in [-0.2, -0.15) is 0 Å². The summed E-state index contributed by atoms with van der Waals surface area (Å²) in [5, 5.41) is 3.90. The van der Waals surface area contributed by atoms with Crippen molar-refractivity contribution in [1.82, 2.24) is 15.0 Å². The van der Waals surface area contributed by atoms with Crippen LogP contribution in [0.2, 0.25) is 0 Å². The normalized spacial score (nSPS) is 16.3. The molecule has 0 amide bonds. The minimum absolute atomic E-state index is 1.00. The number of nitrogens with zero attached hydrogens (tertiary/aromatic N) is 3. The summed E-state index contributed by atoms with van der Waals surface area (Å²) in [4.78, 5) is 4.85. The van der Waals surface area contributed by atoms with Gasteiger partial charge in [0.15, 0.2) is 0 Å². The van der Waals surface area contributed by atoms with Crippen LogP contribution in [0.1, 0.15) is 33.4 Å². The van der Waals surface area contributed by atoms with Crippen molar-refractivity contribution in [2.45, 2.75) is 34.1 Å². The molecule has 0 N–H and O–H groups in total. The van der Waals surface area contributed by atoms with Gasteiger partial charge in [-0.25, -0.2) is 0 Å². The quantitative estimate of drug-likeness (QED) is 0.831. The van der Waals surface area contributed by atoms with E-state index in [9.17, 15) is 0 Å². The molecule has 4 heteroatoms. The molecule has 1 fully saturated rings. The Morgan fingerprint density at radius 3 is 2.22 bits per heavy atom. The van der Waals surface area contributed by atoms with Crippen LogP contribution in [0.15, 0.2) is 16.9 Å². The minimum atomic E-state index is 1.00. The molecule has 0 radical (unpaired) electrons. The van der Waals surface area contributed by atoms with Crippen molar-refractivity contribution in [3.63, 3.8) is 0 Å². The van der Waals surface area contributed by atoms with Crippen molar-refractivity contribution in [2.75, 3.05) is 39.8 Å². The van der Waals surface area contributed by atoms with Gasteiger partial charge in [0.05, 0.1) is 5.69 Å². The molecule has 18 heavy (non-hydrogen) atoms. The fourth-order valence-electron chi connectivity index (χ4n) is 1.71. The van der Waals surface area contributed by atoms with Crippen molar-refractivity contribution >= 4 is 0 Å². The largest absolute Gasteiger partial charge is 0.365 e. The average molecular weight is 255 g/mol. The van der Waals surface area contributed by atoms with E-state index in [1.165, 1.54) is 26.2 Å². The predicted molar refractivity (Wildman–Crippen MR) is 76.8 cm³/mol. The van der Waals surface area contributed by atoms with Gasteiger partial charge in [0.2, 0.25) is 0 Å². The van der Waals surface area contributed by atoms with Crippen molar-refractivity contribution in [3.8, 4) is 0 Å². The van der Waals surface area contributed by atoms with Crippen molar-refractivity contribution in [3.05, 3.63) is 18.0 Å². The van der Waals surface area contributed by atoms with Gasteiger partial charge < -0.3 is 14.3 Å². The number of piperazine rings is 1. The number of rotatable bonds is 3. The highest BCUT2D eigenvalue weighted by molar-refractivity contribution is 4.95. The Kier molecular flexibility index (Phi) is 10.7. The van der Waals surface area contributed by atoms with Crippen LogP contribution in [0, 0.1) is 0 Å². The maximum Gasteiger partial charge on any atom is 0.124 e. The molecule has 0 spiro atoms. The molecule has 0 atom stereocenters. The number of likely N-dealkylation sites (N-methyl/N-ethyl adjacent to an activating group) is 1. The molecule has 2 heterocycles. The lowest BCUT2D eigenvalue weighted by Crippen LogP contribution is -2.45. The SMILES string of the molecule is CC.CC.CN1CCN(CCc2ccon2)CC1. The molecule has 0 bridgehead atoms. The van der Waals surface area contributed by atoms with Crippen molar-refractivity contribution < 1.29 is 4.52 Å². The van der Waals surface area contributed by atoms with E-state index in [0.717, 1.165) is 18.7 Å². The van der Waals surface area contributed by atoms with E-state index in [1.54, 1.807) is 6.26 Å². The smallest absolute Gasteiger partial charge is 0.124 e. The van der Waals surface area contributed by atoms with Crippen molar-refractivity contribution in [2.24, 2.45) is 0 Å². The summed E-state index contributed by atoms with van der Waals surface area (Å²) < 4.78 is 4.79. The predicted octanol–water partition coefficient (Wildman–Crippen LogP) is 2.52. The van der Waals surface area contributed by atoms with Gasteiger partial charge in [-0.3, -0.25) is 0 Å². The Morgan fingerprint density at radius 1 is 1.11 bits per heavy atom. The highest BCUT2D eigenvalue weighted by Crippen LogP contribution is 2.02. The lowest BCUT2D eigenvalue weighted by molar-refractivity contribution is 0.155. The van der Waals surface area contributed by atoms with Gasteiger partial charge in [-0.15, -0.1) is 0 Å². The van der Waals surface area contributed by atoms with Crippen LogP contribution in [0.5, 0.6) is 0 Å². The van der Waals surface area contributed by atoms with Crippen LogP contribution >= 0.6 is 0 Å². The summed E-state index contributed by atoms with van der Waals surface area (Å²) in [7, 11) is 2.18. The molecule has 0 aromatic carbocycles. The van der Waals surface area contributed by atoms with Crippen LogP contribution in [0.25, 0.3) is 0 Å². The standard InChI is InChI=1S/C10H17N3O.2C2H6/c1-12-5-7-13(8-6-12)4-2-10-3-9-14-11-10;2*1-2/h3,9H,2,4-8H2,1H3;2*1-2H3. The summed E-state index contributed by atoms with van der Waals surface area (Å²) in [6.07, 6.45) is 2.64. The summed E-state index contributed by atoms with van der Waals surface area (Å²) >= 11 is 0. The lowest BCUT2D eigenvalue weighted by Gasteiger charge is -2.32. The Balaban J connectivity index is 0.000000659. The molecule has 1 aliphatic heterocycles. The zero-order chi connectivity index (χ0) is 13.8. The van der Waals surface area contributed by atoms with E-state index in [-0.39, 0.29) is 0 Å². The molecule has 2 rings (SSSR count). The molecule has 1 saturated heterocycles. The third kappa shape index (κ3) is 6.77. The fraction of sp³-hybridized carbons (Fsp3) is 0.786. The summed E-state index contributed by atoms with van der Waals surface area (Å²) in [5.41, 5.74) is 1.06.